The van der Waals surface area contributed by atoms with Gasteiger partial charge in [-0.3, -0.25) is 10.1 Å². The van der Waals surface area contributed by atoms with Gasteiger partial charge in [-0.25, -0.2) is 0 Å². The maximum Gasteiger partial charge on any atom is 0.243 e. The van der Waals surface area contributed by atoms with Gasteiger partial charge < -0.3 is 9.47 Å². The van der Waals surface area contributed by atoms with Crippen molar-refractivity contribution in [1.82, 2.24) is 0 Å². The summed E-state index contributed by atoms with van der Waals surface area (Å²) in [6.07, 6.45) is 1.46. The Kier molecular flexibility index (Phi) is 4.73. The quantitative estimate of drug-likeness (QED) is 0.476. The van der Waals surface area contributed by atoms with Crippen molar-refractivity contribution in [3.8, 4) is 11.5 Å². The Balaban J connectivity index is 3.31. The van der Waals surface area contributed by atoms with Gasteiger partial charge >= 0.3 is 0 Å². The minimum absolute atomic E-state index is 0.0477. The molecule has 0 aromatic heterocycles. The summed E-state index contributed by atoms with van der Waals surface area (Å²) in [4.78, 5) is 10.1. The van der Waals surface area contributed by atoms with E-state index in [1.807, 2.05) is 0 Å². The standard InChI is InChI=1S/C11H12INO4/c1-7(13(14)15)4-8-5-11(17-3)9(12)6-10(8)16-2/h4-6H,1-3H3/b7-4+. The smallest absolute Gasteiger partial charge is 0.243 e. The highest BCUT2D eigenvalue weighted by Gasteiger charge is 2.11. The van der Waals surface area contributed by atoms with E-state index in [-0.39, 0.29) is 5.70 Å². The molecule has 6 heteroatoms. The van der Waals surface area contributed by atoms with Crippen molar-refractivity contribution in [2.45, 2.75) is 6.92 Å². The summed E-state index contributed by atoms with van der Waals surface area (Å²) in [5.41, 5.74) is 0.672. The molecule has 0 N–H and O–H groups in total. The highest BCUT2D eigenvalue weighted by atomic mass is 127. The molecule has 92 valence electrons. The summed E-state index contributed by atoms with van der Waals surface area (Å²) >= 11 is 2.11. The normalized spacial score (nSPS) is 11.2. The van der Waals surface area contributed by atoms with Gasteiger partial charge in [0.25, 0.3) is 0 Å². The van der Waals surface area contributed by atoms with Crippen LogP contribution in [0.15, 0.2) is 17.8 Å². The summed E-state index contributed by atoms with van der Waals surface area (Å²) in [6, 6.07) is 3.49. The maximum absolute atomic E-state index is 10.6. The summed E-state index contributed by atoms with van der Waals surface area (Å²) < 4.78 is 11.2. The van der Waals surface area contributed by atoms with Crippen LogP contribution in [0.1, 0.15) is 12.5 Å². The van der Waals surface area contributed by atoms with Crippen LogP contribution in [0.4, 0.5) is 0 Å². The van der Waals surface area contributed by atoms with Gasteiger partial charge in [0.1, 0.15) is 11.5 Å². The lowest BCUT2D eigenvalue weighted by molar-refractivity contribution is -0.422. The minimum atomic E-state index is -0.441. The molecule has 0 unspecified atom stereocenters. The second-order valence-electron chi connectivity index (χ2n) is 3.27. The molecule has 0 bridgehead atoms. The molecule has 0 saturated carbocycles. The summed E-state index contributed by atoms with van der Waals surface area (Å²) in [5.74, 6) is 1.24. The van der Waals surface area contributed by atoms with E-state index in [1.54, 1.807) is 19.2 Å². The molecule has 1 aromatic carbocycles. The highest BCUT2D eigenvalue weighted by Crippen LogP contribution is 2.31. The molecule has 0 aliphatic carbocycles. The first-order valence-electron chi connectivity index (χ1n) is 4.73. The molecule has 0 aliphatic heterocycles. The Morgan fingerprint density at radius 1 is 1.35 bits per heavy atom. The number of methoxy groups -OCH3 is 2. The van der Waals surface area contributed by atoms with E-state index in [1.165, 1.54) is 20.1 Å². The van der Waals surface area contributed by atoms with Crippen molar-refractivity contribution in [2.24, 2.45) is 0 Å². The van der Waals surface area contributed by atoms with Gasteiger partial charge in [0.05, 0.1) is 22.7 Å². The van der Waals surface area contributed by atoms with Gasteiger partial charge in [-0.05, 0) is 34.7 Å². The predicted octanol–water partition coefficient (Wildman–Crippen LogP) is 2.95. The summed E-state index contributed by atoms with van der Waals surface area (Å²) in [5, 5.41) is 10.6. The first kappa shape index (κ1) is 13.8. The van der Waals surface area contributed by atoms with Crippen molar-refractivity contribution >= 4 is 28.7 Å². The molecule has 5 nitrogen and oxygen atoms in total. The van der Waals surface area contributed by atoms with E-state index in [2.05, 4.69) is 22.6 Å². The largest absolute Gasteiger partial charge is 0.496 e. The molecule has 1 rings (SSSR count). The zero-order chi connectivity index (χ0) is 13.0. The second-order valence-corrected chi connectivity index (χ2v) is 4.43. The van der Waals surface area contributed by atoms with Crippen molar-refractivity contribution in [3.63, 3.8) is 0 Å². The molecule has 0 heterocycles. The van der Waals surface area contributed by atoms with Gasteiger partial charge in [-0.15, -0.1) is 0 Å². The van der Waals surface area contributed by atoms with Gasteiger partial charge in [-0.1, -0.05) is 0 Å². The van der Waals surface area contributed by atoms with E-state index in [9.17, 15) is 10.1 Å². The SMILES string of the molecule is COc1cc(/C=C(\C)[N+](=O)[O-])c(OC)cc1I. The monoisotopic (exact) mass is 349 g/mol. The molecular weight excluding hydrogens is 337 g/mol. The fourth-order valence-electron chi connectivity index (χ4n) is 1.27. The van der Waals surface area contributed by atoms with Crippen LogP contribution < -0.4 is 9.47 Å². The molecule has 17 heavy (non-hydrogen) atoms. The van der Waals surface area contributed by atoms with Gasteiger partial charge in [0.2, 0.25) is 5.70 Å². The van der Waals surface area contributed by atoms with Crippen LogP contribution in [-0.4, -0.2) is 19.1 Å². The third-order valence-electron chi connectivity index (χ3n) is 2.16. The van der Waals surface area contributed by atoms with Gasteiger partial charge in [-0.2, -0.15) is 0 Å². The van der Waals surface area contributed by atoms with E-state index in [0.29, 0.717) is 17.1 Å². The Bertz CT molecular complexity index is 471. The zero-order valence-corrected chi connectivity index (χ0v) is 11.8. The van der Waals surface area contributed by atoms with Crippen LogP contribution in [0, 0.1) is 13.7 Å². The Labute approximate surface area is 113 Å². The third kappa shape index (κ3) is 3.32. The molecule has 0 aliphatic rings. The number of ether oxygens (including phenoxy) is 2. The van der Waals surface area contributed by atoms with E-state index in [0.717, 1.165) is 3.57 Å². The van der Waals surface area contributed by atoms with Crippen molar-refractivity contribution < 1.29 is 14.4 Å². The third-order valence-corrected chi connectivity index (χ3v) is 3.00. The van der Waals surface area contributed by atoms with Crippen LogP contribution >= 0.6 is 22.6 Å². The number of hydrogen-bond donors (Lipinski definition) is 0. The number of nitrogens with zero attached hydrogens (tertiary/aromatic N) is 1. The van der Waals surface area contributed by atoms with Crippen LogP contribution in [0.5, 0.6) is 11.5 Å². The van der Waals surface area contributed by atoms with E-state index >= 15 is 0 Å². The molecule has 0 amide bonds. The minimum Gasteiger partial charge on any atom is -0.496 e. The number of rotatable bonds is 4. The molecule has 0 radical (unpaired) electrons. The number of benzene rings is 1. The van der Waals surface area contributed by atoms with Crippen molar-refractivity contribution in [1.29, 1.82) is 0 Å². The zero-order valence-electron chi connectivity index (χ0n) is 9.69. The Hall–Kier alpha value is -1.31. The van der Waals surface area contributed by atoms with E-state index in [4.69, 9.17) is 9.47 Å². The maximum atomic E-state index is 10.6. The molecular formula is C11H12INO4. The lowest BCUT2D eigenvalue weighted by Gasteiger charge is -2.09. The van der Waals surface area contributed by atoms with Crippen LogP contribution in [-0.2, 0) is 0 Å². The Morgan fingerprint density at radius 2 is 1.94 bits per heavy atom. The second kappa shape index (κ2) is 5.85. The summed E-state index contributed by atoms with van der Waals surface area (Å²) in [7, 11) is 3.08. The fraction of sp³-hybridized carbons (Fsp3) is 0.273. The average molecular weight is 349 g/mol. The average Bonchev–Trinajstić information content (AvgIpc) is 2.30. The first-order chi connectivity index (χ1) is 7.99. The number of hydrogen-bond acceptors (Lipinski definition) is 4. The van der Waals surface area contributed by atoms with Crippen LogP contribution in [0.25, 0.3) is 6.08 Å². The lowest BCUT2D eigenvalue weighted by atomic mass is 10.1. The molecule has 1 aromatic rings. The fourth-order valence-corrected chi connectivity index (χ4v) is 1.93. The van der Waals surface area contributed by atoms with Crippen molar-refractivity contribution in [2.75, 3.05) is 14.2 Å². The van der Waals surface area contributed by atoms with Gasteiger partial charge in [0, 0.05) is 18.6 Å². The van der Waals surface area contributed by atoms with Gasteiger partial charge in [0.15, 0.2) is 0 Å². The number of allylic oxidation sites excluding steroid dienone is 1. The lowest BCUT2D eigenvalue weighted by Crippen LogP contribution is -1.96. The van der Waals surface area contributed by atoms with E-state index < -0.39 is 4.92 Å². The highest BCUT2D eigenvalue weighted by molar-refractivity contribution is 14.1. The number of halogens is 1. The van der Waals surface area contributed by atoms with Crippen LogP contribution in [0.3, 0.4) is 0 Å². The molecule has 0 spiro atoms. The number of nitro groups is 1. The predicted molar refractivity (Wildman–Crippen MR) is 72.9 cm³/mol. The molecule has 0 saturated heterocycles. The first-order valence-corrected chi connectivity index (χ1v) is 5.81. The topological polar surface area (TPSA) is 61.6 Å². The Morgan fingerprint density at radius 3 is 2.41 bits per heavy atom. The van der Waals surface area contributed by atoms with Crippen LogP contribution in [0.2, 0.25) is 0 Å². The molecule has 0 fully saturated rings. The van der Waals surface area contributed by atoms with Crippen molar-refractivity contribution in [3.05, 3.63) is 37.1 Å². The molecule has 0 atom stereocenters. The summed E-state index contributed by atoms with van der Waals surface area (Å²) in [6.45, 7) is 1.43.